The summed E-state index contributed by atoms with van der Waals surface area (Å²) in [7, 11) is 0. The topological polar surface area (TPSA) is 73.9 Å². The summed E-state index contributed by atoms with van der Waals surface area (Å²) in [4.78, 5) is 24.7. The number of benzene rings is 3. The molecule has 0 fully saturated rings. The molecule has 6 nitrogen and oxygen atoms in total. The van der Waals surface area contributed by atoms with E-state index in [1.807, 2.05) is 66.7 Å². The number of carbonyl (C=O) groups excluding carboxylic acids is 2. The minimum Gasteiger partial charge on any atom is -0.486 e. The fourth-order valence-electron chi connectivity index (χ4n) is 3.34. The quantitative estimate of drug-likeness (QED) is 0.597. The minimum atomic E-state index is -0.521. The fraction of sp³-hybridized carbons (Fsp3) is 0.200. The Hall–Kier alpha value is -3.80. The van der Waals surface area contributed by atoms with Crippen LogP contribution >= 0.6 is 0 Å². The lowest BCUT2D eigenvalue weighted by Crippen LogP contribution is -2.42. The van der Waals surface area contributed by atoms with Crippen molar-refractivity contribution in [1.82, 2.24) is 5.32 Å². The number of rotatable bonds is 7. The van der Waals surface area contributed by atoms with E-state index < -0.39 is 11.9 Å². The summed E-state index contributed by atoms with van der Waals surface area (Å²) in [5, 5.41) is 2.72. The van der Waals surface area contributed by atoms with Gasteiger partial charge in [-0.15, -0.1) is 0 Å². The maximum atomic E-state index is 12.6. The van der Waals surface area contributed by atoms with Crippen LogP contribution in [0.15, 0.2) is 78.9 Å². The molecule has 0 saturated carbocycles. The van der Waals surface area contributed by atoms with Crippen LogP contribution in [-0.4, -0.2) is 37.7 Å². The second-order valence-corrected chi connectivity index (χ2v) is 7.20. The molecule has 6 heteroatoms. The normalized spacial score (nSPS) is 14.5. The number of para-hydroxylation sites is 2. The third-order valence-corrected chi connectivity index (χ3v) is 4.90. The lowest BCUT2D eigenvalue weighted by molar-refractivity contribution is -0.124. The van der Waals surface area contributed by atoms with Gasteiger partial charge >= 0.3 is 5.97 Å². The Balaban J connectivity index is 1.27. The maximum Gasteiger partial charge on any atom is 0.338 e. The van der Waals surface area contributed by atoms with E-state index in [1.165, 1.54) is 0 Å². The van der Waals surface area contributed by atoms with Gasteiger partial charge in [-0.2, -0.15) is 0 Å². The summed E-state index contributed by atoms with van der Waals surface area (Å²) >= 11 is 0. The number of fused-ring (bicyclic) bond motifs is 1. The highest BCUT2D eigenvalue weighted by Crippen LogP contribution is 2.30. The Morgan fingerprint density at radius 3 is 2.45 bits per heavy atom. The first-order valence-corrected chi connectivity index (χ1v) is 10.1. The first-order valence-electron chi connectivity index (χ1n) is 10.1. The Labute approximate surface area is 180 Å². The van der Waals surface area contributed by atoms with E-state index in [1.54, 1.807) is 12.1 Å². The lowest BCUT2D eigenvalue weighted by Gasteiger charge is -2.26. The van der Waals surface area contributed by atoms with Crippen molar-refractivity contribution in [1.29, 1.82) is 0 Å². The molecule has 0 radical (unpaired) electrons. The monoisotopic (exact) mass is 417 g/mol. The Kier molecular flexibility index (Phi) is 6.47. The number of ether oxygens (including phenoxy) is 3. The molecule has 1 amide bonds. The molecule has 0 bridgehead atoms. The summed E-state index contributed by atoms with van der Waals surface area (Å²) in [5.74, 6) is 0.423. The standard InChI is InChI=1S/C25H23NO5/c27-24(26-15-20-16-29-22-12-6-7-13-23(22)31-20)17-30-25(28)21-11-5-4-10-19(21)14-18-8-2-1-3-9-18/h1-13,20H,14-17H2,(H,26,27)/t20-/m0/s1. The van der Waals surface area contributed by atoms with Crippen LogP contribution in [0.3, 0.4) is 0 Å². The van der Waals surface area contributed by atoms with Crippen LogP contribution in [0.25, 0.3) is 0 Å². The molecule has 1 aliphatic heterocycles. The van der Waals surface area contributed by atoms with Crippen LogP contribution < -0.4 is 14.8 Å². The van der Waals surface area contributed by atoms with Crippen molar-refractivity contribution in [3.05, 3.63) is 95.6 Å². The van der Waals surface area contributed by atoms with Gasteiger partial charge in [-0.25, -0.2) is 4.79 Å². The van der Waals surface area contributed by atoms with Gasteiger partial charge in [-0.3, -0.25) is 4.79 Å². The highest BCUT2D eigenvalue weighted by Gasteiger charge is 2.21. The van der Waals surface area contributed by atoms with E-state index in [-0.39, 0.29) is 19.3 Å². The van der Waals surface area contributed by atoms with Crippen molar-refractivity contribution in [2.24, 2.45) is 0 Å². The second-order valence-electron chi connectivity index (χ2n) is 7.20. The van der Waals surface area contributed by atoms with Crippen molar-refractivity contribution in [3.63, 3.8) is 0 Å². The Morgan fingerprint density at radius 1 is 0.903 bits per heavy atom. The fourth-order valence-corrected chi connectivity index (χ4v) is 3.34. The van der Waals surface area contributed by atoms with Gasteiger partial charge in [0, 0.05) is 0 Å². The average molecular weight is 417 g/mol. The molecule has 3 aromatic rings. The van der Waals surface area contributed by atoms with Crippen molar-refractivity contribution >= 4 is 11.9 Å². The van der Waals surface area contributed by atoms with E-state index in [2.05, 4.69) is 5.32 Å². The predicted octanol–water partition coefficient (Wildman–Crippen LogP) is 3.39. The van der Waals surface area contributed by atoms with Crippen molar-refractivity contribution < 1.29 is 23.8 Å². The summed E-state index contributed by atoms with van der Waals surface area (Å²) in [6.07, 6.45) is 0.305. The first kappa shape index (κ1) is 20.5. The predicted molar refractivity (Wildman–Crippen MR) is 115 cm³/mol. The molecule has 3 aromatic carbocycles. The van der Waals surface area contributed by atoms with Crippen molar-refractivity contribution in [2.45, 2.75) is 12.5 Å². The zero-order valence-electron chi connectivity index (χ0n) is 17.0. The van der Waals surface area contributed by atoms with Crippen molar-refractivity contribution in [2.75, 3.05) is 19.8 Å². The van der Waals surface area contributed by atoms with E-state index in [0.29, 0.717) is 30.1 Å². The highest BCUT2D eigenvalue weighted by atomic mass is 16.6. The maximum absolute atomic E-state index is 12.6. The van der Waals surface area contributed by atoms with E-state index in [9.17, 15) is 9.59 Å². The minimum absolute atomic E-state index is 0.259. The number of nitrogens with one attached hydrogen (secondary N) is 1. The molecule has 1 N–H and O–H groups in total. The van der Waals surface area contributed by atoms with Crippen LogP contribution in [0.2, 0.25) is 0 Å². The van der Waals surface area contributed by atoms with Crippen LogP contribution in [0.5, 0.6) is 11.5 Å². The van der Waals surface area contributed by atoms with Gasteiger partial charge in [0.1, 0.15) is 12.7 Å². The molecular formula is C25H23NO5. The highest BCUT2D eigenvalue weighted by molar-refractivity contribution is 5.92. The van der Waals surface area contributed by atoms with Gasteiger partial charge in [0.25, 0.3) is 5.91 Å². The van der Waals surface area contributed by atoms with Gasteiger partial charge < -0.3 is 19.5 Å². The second kappa shape index (κ2) is 9.80. The van der Waals surface area contributed by atoms with Gasteiger partial charge in [-0.1, -0.05) is 60.7 Å². The molecule has 31 heavy (non-hydrogen) atoms. The molecule has 0 spiro atoms. The summed E-state index contributed by atoms with van der Waals surface area (Å²) in [6, 6.07) is 24.5. The molecule has 1 heterocycles. The molecule has 0 aliphatic carbocycles. The Morgan fingerprint density at radius 2 is 1.61 bits per heavy atom. The third-order valence-electron chi connectivity index (χ3n) is 4.90. The first-order chi connectivity index (χ1) is 15.2. The molecule has 4 rings (SSSR count). The zero-order chi connectivity index (χ0) is 21.5. The molecule has 0 aromatic heterocycles. The molecular weight excluding hydrogens is 394 g/mol. The largest absolute Gasteiger partial charge is 0.486 e. The number of hydrogen-bond acceptors (Lipinski definition) is 5. The summed E-state index contributed by atoms with van der Waals surface area (Å²) < 4.78 is 16.7. The summed E-state index contributed by atoms with van der Waals surface area (Å²) in [5.41, 5.74) is 2.40. The summed E-state index contributed by atoms with van der Waals surface area (Å²) in [6.45, 7) is 0.238. The molecule has 0 saturated heterocycles. The average Bonchev–Trinajstić information content (AvgIpc) is 2.82. The van der Waals surface area contributed by atoms with Gasteiger partial charge in [0.15, 0.2) is 18.1 Å². The van der Waals surface area contributed by atoms with E-state index in [4.69, 9.17) is 14.2 Å². The van der Waals surface area contributed by atoms with E-state index in [0.717, 1.165) is 11.1 Å². The van der Waals surface area contributed by atoms with Crippen molar-refractivity contribution in [3.8, 4) is 11.5 Å². The van der Waals surface area contributed by atoms with Crippen LogP contribution in [0.4, 0.5) is 0 Å². The van der Waals surface area contributed by atoms with Gasteiger partial charge in [0.2, 0.25) is 0 Å². The molecule has 1 atom stereocenters. The van der Waals surface area contributed by atoms with Crippen LogP contribution in [0.1, 0.15) is 21.5 Å². The lowest BCUT2D eigenvalue weighted by atomic mass is 10.00. The van der Waals surface area contributed by atoms with Crippen LogP contribution in [0, 0.1) is 0 Å². The Bertz CT molecular complexity index is 1050. The smallest absolute Gasteiger partial charge is 0.338 e. The third kappa shape index (κ3) is 5.42. The van der Waals surface area contributed by atoms with E-state index >= 15 is 0 Å². The number of esters is 1. The molecule has 158 valence electrons. The number of carbonyl (C=O) groups is 2. The van der Waals surface area contributed by atoms with Gasteiger partial charge in [0.05, 0.1) is 12.1 Å². The van der Waals surface area contributed by atoms with Gasteiger partial charge in [-0.05, 0) is 35.7 Å². The SMILES string of the molecule is O=C(COC(=O)c1ccccc1Cc1ccccc1)NC[C@H]1COc2ccccc2O1. The van der Waals surface area contributed by atoms with Crippen LogP contribution in [-0.2, 0) is 16.0 Å². The zero-order valence-corrected chi connectivity index (χ0v) is 17.0. The molecule has 1 aliphatic rings. The number of hydrogen-bond donors (Lipinski definition) is 1. The molecule has 0 unspecified atom stereocenters. The number of amides is 1.